The van der Waals surface area contributed by atoms with E-state index in [-0.39, 0.29) is 24.5 Å². The number of hydrogen-bond acceptors (Lipinski definition) is 3. The quantitative estimate of drug-likeness (QED) is 0.927. The van der Waals surface area contributed by atoms with Crippen molar-refractivity contribution in [3.8, 4) is 0 Å². The Labute approximate surface area is 139 Å². The van der Waals surface area contributed by atoms with Gasteiger partial charge in [-0.15, -0.1) is 11.3 Å². The number of carbonyl (C=O) groups excluding carboxylic acids is 1. The molecule has 1 aromatic heterocycles. The maximum absolute atomic E-state index is 12.7. The normalized spacial score (nSPS) is 22.2. The van der Waals surface area contributed by atoms with E-state index in [1.165, 1.54) is 0 Å². The molecule has 1 saturated heterocycles. The monoisotopic (exact) mass is 337 g/mol. The number of carbonyl (C=O) groups is 1. The molecule has 3 rings (SSSR count). The van der Waals surface area contributed by atoms with E-state index in [0.717, 1.165) is 28.5 Å². The second-order valence-electron chi connectivity index (χ2n) is 6.10. The van der Waals surface area contributed by atoms with Crippen LogP contribution in [0.1, 0.15) is 25.3 Å². The van der Waals surface area contributed by atoms with Gasteiger partial charge in [0, 0.05) is 28.9 Å². The van der Waals surface area contributed by atoms with Crippen LogP contribution in [0.4, 0.5) is 0 Å². The smallest absolute Gasteiger partial charge is 0.227 e. The van der Waals surface area contributed by atoms with Crippen LogP contribution in [0.15, 0.2) is 23.6 Å². The largest absolute Gasteiger partial charge is 0.396 e. The summed E-state index contributed by atoms with van der Waals surface area (Å²) in [6.45, 7) is 2.92. The Hall–Kier alpha value is -1.10. The molecule has 1 amide bonds. The number of halogens is 1. The standard InChI is InChI=1S/C17H20ClNO2S/c1-11-2-3-12(9-20)8-19(11)17(21)6-13-10-22-16-5-4-14(18)7-15(13)16/h4-5,7,10-12,20H,2-3,6,8-9H2,1H3. The first-order valence-corrected chi connectivity index (χ1v) is 8.90. The summed E-state index contributed by atoms with van der Waals surface area (Å²) in [7, 11) is 0. The van der Waals surface area contributed by atoms with E-state index in [1.54, 1.807) is 11.3 Å². The van der Waals surface area contributed by atoms with Crippen molar-refractivity contribution < 1.29 is 9.90 Å². The third-order valence-electron chi connectivity index (χ3n) is 4.52. The molecule has 0 radical (unpaired) electrons. The molecule has 1 aliphatic rings. The first-order valence-electron chi connectivity index (χ1n) is 7.64. The molecule has 0 aliphatic carbocycles. The van der Waals surface area contributed by atoms with Crippen LogP contribution >= 0.6 is 22.9 Å². The predicted molar refractivity (Wildman–Crippen MR) is 91.5 cm³/mol. The van der Waals surface area contributed by atoms with Crippen LogP contribution in [-0.2, 0) is 11.2 Å². The van der Waals surface area contributed by atoms with E-state index in [9.17, 15) is 9.90 Å². The number of thiophene rings is 1. The number of nitrogens with zero attached hydrogens (tertiary/aromatic N) is 1. The van der Waals surface area contributed by atoms with Crippen LogP contribution in [0.5, 0.6) is 0 Å². The highest BCUT2D eigenvalue weighted by Gasteiger charge is 2.28. The molecule has 22 heavy (non-hydrogen) atoms. The number of piperidine rings is 1. The molecule has 5 heteroatoms. The number of benzene rings is 1. The van der Waals surface area contributed by atoms with Gasteiger partial charge < -0.3 is 10.0 Å². The zero-order valence-electron chi connectivity index (χ0n) is 12.6. The average Bonchev–Trinajstić information content (AvgIpc) is 2.90. The second-order valence-corrected chi connectivity index (χ2v) is 7.45. The van der Waals surface area contributed by atoms with Crippen LogP contribution in [0, 0.1) is 5.92 Å². The molecule has 1 N–H and O–H groups in total. The number of aliphatic hydroxyl groups excluding tert-OH is 1. The lowest BCUT2D eigenvalue weighted by Gasteiger charge is -2.37. The van der Waals surface area contributed by atoms with Gasteiger partial charge in [0.2, 0.25) is 5.91 Å². The van der Waals surface area contributed by atoms with Gasteiger partial charge in [0.1, 0.15) is 0 Å². The number of amides is 1. The minimum absolute atomic E-state index is 0.144. The first-order chi connectivity index (χ1) is 10.6. The minimum Gasteiger partial charge on any atom is -0.396 e. The molecule has 1 fully saturated rings. The number of likely N-dealkylation sites (tertiary alicyclic amines) is 1. The highest BCUT2D eigenvalue weighted by atomic mass is 35.5. The SMILES string of the molecule is CC1CCC(CO)CN1C(=O)Cc1csc2ccc(Cl)cc12. The Morgan fingerprint density at radius 1 is 1.45 bits per heavy atom. The summed E-state index contributed by atoms with van der Waals surface area (Å²) in [4.78, 5) is 14.6. The summed E-state index contributed by atoms with van der Waals surface area (Å²) < 4.78 is 1.16. The van der Waals surface area contributed by atoms with Gasteiger partial charge in [0.15, 0.2) is 0 Å². The van der Waals surface area contributed by atoms with Crippen molar-refractivity contribution in [2.75, 3.05) is 13.2 Å². The lowest BCUT2D eigenvalue weighted by atomic mass is 9.93. The summed E-state index contributed by atoms with van der Waals surface area (Å²) in [6, 6.07) is 6.07. The van der Waals surface area contributed by atoms with E-state index >= 15 is 0 Å². The maximum atomic E-state index is 12.7. The van der Waals surface area contributed by atoms with Crippen molar-refractivity contribution in [1.29, 1.82) is 0 Å². The van der Waals surface area contributed by atoms with Crippen molar-refractivity contribution in [2.45, 2.75) is 32.2 Å². The molecule has 1 aliphatic heterocycles. The zero-order chi connectivity index (χ0) is 15.7. The summed E-state index contributed by atoms with van der Waals surface area (Å²) in [6.07, 6.45) is 2.37. The molecule has 2 aromatic rings. The number of rotatable bonds is 3. The van der Waals surface area contributed by atoms with Gasteiger partial charge in [-0.05, 0) is 60.2 Å². The van der Waals surface area contributed by atoms with Crippen LogP contribution < -0.4 is 0 Å². The lowest BCUT2D eigenvalue weighted by molar-refractivity contribution is -0.135. The van der Waals surface area contributed by atoms with Crippen molar-refractivity contribution >= 4 is 38.9 Å². The van der Waals surface area contributed by atoms with E-state index in [2.05, 4.69) is 12.3 Å². The average molecular weight is 338 g/mol. The van der Waals surface area contributed by atoms with Crippen molar-refractivity contribution in [2.24, 2.45) is 5.92 Å². The van der Waals surface area contributed by atoms with Crippen molar-refractivity contribution in [1.82, 2.24) is 4.90 Å². The van der Waals surface area contributed by atoms with E-state index in [0.29, 0.717) is 18.0 Å². The summed E-state index contributed by atoms with van der Waals surface area (Å²) in [5, 5.41) is 13.2. The van der Waals surface area contributed by atoms with Gasteiger partial charge in [-0.1, -0.05) is 11.6 Å². The molecule has 2 atom stereocenters. The molecule has 0 bridgehead atoms. The van der Waals surface area contributed by atoms with Gasteiger partial charge in [-0.3, -0.25) is 4.79 Å². The maximum Gasteiger partial charge on any atom is 0.227 e. The highest BCUT2D eigenvalue weighted by molar-refractivity contribution is 7.17. The molecule has 2 unspecified atom stereocenters. The fourth-order valence-corrected chi connectivity index (χ4v) is 4.25. The number of aliphatic hydroxyl groups is 1. The lowest BCUT2D eigenvalue weighted by Crippen LogP contribution is -2.46. The summed E-state index contributed by atoms with van der Waals surface area (Å²) >= 11 is 7.72. The van der Waals surface area contributed by atoms with Crippen LogP contribution in [0.2, 0.25) is 5.02 Å². The van der Waals surface area contributed by atoms with Crippen LogP contribution in [-0.4, -0.2) is 35.1 Å². The number of hydrogen-bond donors (Lipinski definition) is 1. The highest BCUT2D eigenvalue weighted by Crippen LogP contribution is 2.30. The Morgan fingerprint density at radius 3 is 3.05 bits per heavy atom. The second kappa shape index (κ2) is 6.57. The van der Waals surface area contributed by atoms with Gasteiger partial charge in [0.25, 0.3) is 0 Å². The van der Waals surface area contributed by atoms with E-state index in [1.807, 2.05) is 23.1 Å². The fourth-order valence-electron chi connectivity index (χ4n) is 3.13. The predicted octanol–water partition coefficient (Wildman–Crippen LogP) is 3.72. The third-order valence-corrected chi connectivity index (χ3v) is 5.76. The van der Waals surface area contributed by atoms with Gasteiger partial charge in [-0.2, -0.15) is 0 Å². The fraction of sp³-hybridized carbons (Fsp3) is 0.471. The van der Waals surface area contributed by atoms with E-state index < -0.39 is 0 Å². The Morgan fingerprint density at radius 2 is 2.27 bits per heavy atom. The minimum atomic E-state index is 0.144. The third kappa shape index (κ3) is 3.14. The van der Waals surface area contributed by atoms with Crippen molar-refractivity contribution in [3.63, 3.8) is 0 Å². The van der Waals surface area contributed by atoms with Gasteiger partial charge >= 0.3 is 0 Å². The number of fused-ring (bicyclic) bond motifs is 1. The first kappa shape index (κ1) is 15.8. The molecule has 2 heterocycles. The molecule has 118 valence electrons. The topological polar surface area (TPSA) is 40.5 Å². The Bertz CT molecular complexity index is 684. The molecular formula is C17H20ClNO2S. The van der Waals surface area contributed by atoms with Crippen molar-refractivity contribution in [3.05, 3.63) is 34.2 Å². The Kier molecular flexibility index (Phi) is 4.71. The summed E-state index contributed by atoms with van der Waals surface area (Å²) in [5.74, 6) is 0.360. The molecule has 0 saturated carbocycles. The van der Waals surface area contributed by atoms with Crippen LogP contribution in [0.3, 0.4) is 0 Å². The van der Waals surface area contributed by atoms with Gasteiger partial charge in [-0.25, -0.2) is 0 Å². The van der Waals surface area contributed by atoms with Gasteiger partial charge in [0.05, 0.1) is 6.42 Å². The molecular weight excluding hydrogens is 318 g/mol. The molecule has 3 nitrogen and oxygen atoms in total. The summed E-state index contributed by atoms with van der Waals surface area (Å²) in [5.41, 5.74) is 1.05. The zero-order valence-corrected chi connectivity index (χ0v) is 14.2. The molecule has 1 aromatic carbocycles. The van der Waals surface area contributed by atoms with Crippen LogP contribution in [0.25, 0.3) is 10.1 Å². The molecule has 0 spiro atoms. The van der Waals surface area contributed by atoms with E-state index in [4.69, 9.17) is 11.6 Å². The Balaban J connectivity index is 1.79.